The zero-order chi connectivity index (χ0) is 14.4. The number of thiophene rings is 1. The van der Waals surface area contributed by atoms with Gasteiger partial charge in [-0.1, -0.05) is 6.92 Å². The molecule has 6 heteroatoms. The number of ether oxygens (including phenoxy) is 2. The maximum absolute atomic E-state index is 5.90. The number of nitrogens with zero attached hydrogens (tertiary/aromatic N) is 2. The fraction of sp³-hybridized carbons (Fsp3) is 0.571. The average molecular weight is 295 g/mol. The van der Waals surface area contributed by atoms with Crippen LogP contribution in [0, 0.1) is 0 Å². The number of aromatic nitrogens is 2. The molecule has 20 heavy (non-hydrogen) atoms. The van der Waals surface area contributed by atoms with Gasteiger partial charge in [-0.15, -0.1) is 11.3 Å². The molecular formula is C14H21N3O2S. The lowest BCUT2D eigenvalue weighted by molar-refractivity contribution is 0.0643. The highest BCUT2D eigenvalue weighted by atomic mass is 32.1. The monoisotopic (exact) mass is 295 g/mol. The number of anilines is 1. The lowest BCUT2D eigenvalue weighted by Gasteiger charge is -2.15. The molecule has 2 aromatic heterocycles. The van der Waals surface area contributed by atoms with Crippen LogP contribution in [0.1, 0.15) is 27.2 Å². The molecule has 1 N–H and O–H groups in total. The van der Waals surface area contributed by atoms with Crippen molar-refractivity contribution < 1.29 is 9.47 Å². The van der Waals surface area contributed by atoms with E-state index in [0.717, 1.165) is 23.2 Å². The van der Waals surface area contributed by atoms with Crippen molar-refractivity contribution in [1.82, 2.24) is 9.97 Å². The first-order valence-corrected chi connectivity index (χ1v) is 7.86. The van der Waals surface area contributed by atoms with Gasteiger partial charge < -0.3 is 14.8 Å². The Morgan fingerprint density at radius 3 is 2.95 bits per heavy atom. The quantitative estimate of drug-likeness (QED) is 0.809. The molecule has 0 saturated heterocycles. The Morgan fingerprint density at radius 2 is 2.20 bits per heavy atom. The van der Waals surface area contributed by atoms with E-state index in [0.29, 0.717) is 25.0 Å². The fourth-order valence-corrected chi connectivity index (χ4v) is 2.50. The lowest BCUT2D eigenvalue weighted by atomic mass is 10.4. The summed E-state index contributed by atoms with van der Waals surface area (Å²) in [4.78, 5) is 9.90. The largest absolute Gasteiger partial charge is 0.472 e. The summed E-state index contributed by atoms with van der Waals surface area (Å²) >= 11 is 1.59. The van der Waals surface area contributed by atoms with Crippen LogP contribution in [-0.2, 0) is 4.74 Å². The van der Waals surface area contributed by atoms with Gasteiger partial charge >= 0.3 is 0 Å². The average Bonchev–Trinajstić information content (AvgIpc) is 2.91. The van der Waals surface area contributed by atoms with Crippen LogP contribution in [0.25, 0.3) is 10.2 Å². The number of hydrogen-bond acceptors (Lipinski definition) is 6. The van der Waals surface area contributed by atoms with Crippen molar-refractivity contribution in [1.29, 1.82) is 0 Å². The minimum absolute atomic E-state index is 0.0352. The van der Waals surface area contributed by atoms with E-state index in [1.54, 1.807) is 11.3 Å². The van der Waals surface area contributed by atoms with Gasteiger partial charge in [0.2, 0.25) is 11.8 Å². The Hall–Kier alpha value is -1.40. The molecule has 0 radical (unpaired) electrons. The van der Waals surface area contributed by atoms with Gasteiger partial charge in [-0.2, -0.15) is 4.98 Å². The molecule has 0 aliphatic rings. The maximum Gasteiger partial charge on any atom is 0.227 e. The minimum Gasteiger partial charge on any atom is -0.472 e. The standard InChI is InChI=1S/C14H21N3O2S/c1-4-7-15-14-16-12(19-10(3)9-18-5-2)11-6-8-20-13(11)17-14/h6,8,10H,4-5,7,9H2,1-3H3,(H,15,16,17). The van der Waals surface area contributed by atoms with Crippen LogP contribution in [0.15, 0.2) is 11.4 Å². The van der Waals surface area contributed by atoms with Crippen molar-refractivity contribution in [2.45, 2.75) is 33.3 Å². The van der Waals surface area contributed by atoms with E-state index in [-0.39, 0.29) is 6.10 Å². The molecule has 2 heterocycles. The van der Waals surface area contributed by atoms with Crippen molar-refractivity contribution in [2.24, 2.45) is 0 Å². The molecule has 0 aromatic carbocycles. The molecule has 5 nitrogen and oxygen atoms in total. The molecular weight excluding hydrogens is 274 g/mol. The highest BCUT2D eigenvalue weighted by molar-refractivity contribution is 7.16. The summed E-state index contributed by atoms with van der Waals surface area (Å²) in [5.74, 6) is 1.25. The third kappa shape index (κ3) is 3.80. The zero-order valence-corrected chi connectivity index (χ0v) is 13.0. The first kappa shape index (κ1) is 15.0. The van der Waals surface area contributed by atoms with Crippen LogP contribution in [-0.4, -0.2) is 35.8 Å². The molecule has 0 aliphatic heterocycles. The van der Waals surface area contributed by atoms with E-state index < -0.39 is 0 Å². The van der Waals surface area contributed by atoms with Crippen LogP contribution >= 0.6 is 11.3 Å². The number of fused-ring (bicyclic) bond motifs is 1. The molecule has 1 atom stereocenters. The Bertz CT molecular complexity index is 544. The number of hydrogen-bond donors (Lipinski definition) is 1. The lowest BCUT2D eigenvalue weighted by Crippen LogP contribution is -2.20. The normalized spacial score (nSPS) is 12.6. The molecule has 0 aliphatic carbocycles. The Labute approximate surface area is 123 Å². The SMILES string of the molecule is CCCNc1nc(OC(C)COCC)c2ccsc2n1. The Balaban J connectivity index is 2.18. The second kappa shape index (κ2) is 7.40. The number of rotatable bonds is 8. The van der Waals surface area contributed by atoms with Gasteiger partial charge in [0.05, 0.1) is 12.0 Å². The van der Waals surface area contributed by atoms with Crippen molar-refractivity contribution in [3.63, 3.8) is 0 Å². The van der Waals surface area contributed by atoms with Gasteiger partial charge in [0.15, 0.2) is 0 Å². The van der Waals surface area contributed by atoms with Crippen LogP contribution in [0.4, 0.5) is 5.95 Å². The minimum atomic E-state index is -0.0352. The summed E-state index contributed by atoms with van der Waals surface area (Å²) in [6, 6.07) is 1.99. The summed E-state index contributed by atoms with van der Waals surface area (Å²) in [6.07, 6.45) is 0.995. The third-order valence-electron chi connectivity index (χ3n) is 2.69. The Morgan fingerprint density at radius 1 is 1.35 bits per heavy atom. The summed E-state index contributed by atoms with van der Waals surface area (Å²) in [5.41, 5.74) is 0. The van der Waals surface area contributed by atoms with Crippen LogP contribution in [0.2, 0.25) is 0 Å². The molecule has 0 saturated carbocycles. The van der Waals surface area contributed by atoms with Crippen molar-refractivity contribution in [3.8, 4) is 5.88 Å². The maximum atomic E-state index is 5.90. The first-order valence-electron chi connectivity index (χ1n) is 6.98. The van der Waals surface area contributed by atoms with Gasteiger partial charge in [-0.25, -0.2) is 4.98 Å². The summed E-state index contributed by atoms with van der Waals surface area (Å²) < 4.78 is 11.3. The highest BCUT2D eigenvalue weighted by Crippen LogP contribution is 2.28. The van der Waals surface area contributed by atoms with Gasteiger partial charge in [0.1, 0.15) is 10.9 Å². The van der Waals surface area contributed by atoms with Gasteiger partial charge in [0, 0.05) is 13.2 Å². The third-order valence-corrected chi connectivity index (χ3v) is 3.50. The molecule has 110 valence electrons. The van der Waals surface area contributed by atoms with E-state index in [9.17, 15) is 0 Å². The van der Waals surface area contributed by atoms with E-state index in [1.165, 1.54) is 0 Å². The van der Waals surface area contributed by atoms with E-state index in [2.05, 4.69) is 22.2 Å². The fourth-order valence-electron chi connectivity index (χ4n) is 1.74. The molecule has 2 rings (SSSR count). The van der Waals surface area contributed by atoms with Crippen LogP contribution in [0.5, 0.6) is 5.88 Å². The van der Waals surface area contributed by atoms with Crippen molar-refractivity contribution >= 4 is 27.5 Å². The molecule has 0 bridgehead atoms. The predicted molar refractivity (Wildman–Crippen MR) is 82.8 cm³/mol. The van der Waals surface area contributed by atoms with Gasteiger partial charge in [-0.3, -0.25) is 0 Å². The van der Waals surface area contributed by atoms with Gasteiger partial charge in [-0.05, 0) is 31.7 Å². The second-order valence-electron chi connectivity index (χ2n) is 4.51. The van der Waals surface area contributed by atoms with Crippen molar-refractivity contribution in [3.05, 3.63) is 11.4 Å². The molecule has 0 spiro atoms. The first-order chi connectivity index (χ1) is 9.74. The van der Waals surface area contributed by atoms with Crippen molar-refractivity contribution in [2.75, 3.05) is 25.1 Å². The predicted octanol–water partition coefficient (Wildman–Crippen LogP) is 3.32. The second-order valence-corrected chi connectivity index (χ2v) is 5.40. The zero-order valence-electron chi connectivity index (χ0n) is 12.2. The van der Waals surface area contributed by atoms with E-state index in [1.807, 2.05) is 25.3 Å². The topological polar surface area (TPSA) is 56.3 Å². The van der Waals surface area contributed by atoms with Crippen LogP contribution in [0.3, 0.4) is 0 Å². The summed E-state index contributed by atoms with van der Waals surface area (Å²) in [5, 5.41) is 6.17. The number of nitrogens with one attached hydrogen (secondary N) is 1. The molecule has 0 fully saturated rings. The summed E-state index contributed by atoms with van der Waals surface area (Å²) in [6.45, 7) is 8.16. The smallest absolute Gasteiger partial charge is 0.227 e. The molecule has 1 unspecified atom stereocenters. The molecule has 2 aromatic rings. The van der Waals surface area contributed by atoms with Gasteiger partial charge in [0.25, 0.3) is 0 Å². The molecule has 0 amide bonds. The van der Waals surface area contributed by atoms with E-state index >= 15 is 0 Å². The van der Waals surface area contributed by atoms with Crippen LogP contribution < -0.4 is 10.1 Å². The Kier molecular flexibility index (Phi) is 5.55. The summed E-state index contributed by atoms with van der Waals surface area (Å²) in [7, 11) is 0. The highest BCUT2D eigenvalue weighted by Gasteiger charge is 2.13. The van der Waals surface area contributed by atoms with E-state index in [4.69, 9.17) is 9.47 Å².